The first-order valence-corrected chi connectivity index (χ1v) is 6.89. The number of aromatic carboxylic acids is 1. The molecule has 1 N–H and O–H groups in total. The molecule has 1 unspecified atom stereocenters. The summed E-state index contributed by atoms with van der Waals surface area (Å²) in [5, 5.41) is 22.7. The molecule has 2 aromatic rings. The topological polar surface area (TPSA) is 94.5 Å². The number of rotatable bonds is 3. The van der Waals surface area contributed by atoms with Crippen LogP contribution in [0.3, 0.4) is 0 Å². The lowest BCUT2D eigenvalue weighted by molar-refractivity contribution is 0.0689. The molecule has 3 rings (SSSR count). The summed E-state index contributed by atoms with van der Waals surface area (Å²) >= 11 is 0. The lowest BCUT2D eigenvalue weighted by Gasteiger charge is -2.26. The molecule has 1 aliphatic rings. The third-order valence-corrected chi connectivity index (χ3v) is 4.04. The normalized spacial score (nSPS) is 15.0. The first kappa shape index (κ1) is 13.4. The van der Waals surface area contributed by atoms with E-state index in [-0.39, 0.29) is 17.3 Å². The van der Waals surface area contributed by atoms with Gasteiger partial charge in [0.15, 0.2) is 11.3 Å². The van der Waals surface area contributed by atoms with Crippen LogP contribution in [0.1, 0.15) is 41.9 Å². The van der Waals surface area contributed by atoms with Crippen molar-refractivity contribution >= 4 is 17.4 Å². The smallest absolute Gasteiger partial charge is 0.355 e. The SMILES string of the molecule is CCC(C)N1CCc2c(C(=O)O)nc3c(C#N)cnn3c21. The largest absolute Gasteiger partial charge is 0.476 e. The monoisotopic (exact) mass is 285 g/mol. The van der Waals surface area contributed by atoms with Gasteiger partial charge in [0, 0.05) is 18.2 Å². The summed E-state index contributed by atoms with van der Waals surface area (Å²) in [7, 11) is 0. The molecule has 3 heterocycles. The summed E-state index contributed by atoms with van der Waals surface area (Å²) in [5.74, 6) is -0.307. The summed E-state index contributed by atoms with van der Waals surface area (Å²) in [6, 6.07) is 2.28. The summed E-state index contributed by atoms with van der Waals surface area (Å²) in [6.07, 6.45) is 3.01. The zero-order valence-corrected chi connectivity index (χ0v) is 11.9. The van der Waals surface area contributed by atoms with Crippen LogP contribution in [0.5, 0.6) is 0 Å². The van der Waals surface area contributed by atoms with Gasteiger partial charge in [0.1, 0.15) is 17.5 Å². The van der Waals surface area contributed by atoms with Gasteiger partial charge in [-0.2, -0.15) is 14.9 Å². The fourth-order valence-corrected chi connectivity index (χ4v) is 2.78. The molecule has 0 fully saturated rings. The Balaban J connectivity index is 2.34. The van der Waals surface area contributed by atoms with Gasteiger partial charge in [-0.05, 0) is 19.8 Å². The van der Waals surface area contributed by atoms with Crippen LogP contribution in [0.2, 0.25) is 0 Å². The van der Waals surface area contributed by atoms with Crippen molar-refractivity contribution in [2.24, 2.45) is 0 Å². The van der Waals surface area contributed by atoms with E-state index in [1.165, 1.54) is 6.20 Å². The Hall–Kier alpha value is -2.62. The second-order valence-corrected chi connectivity index (χ2v) is 5.17. The third kappa shape index (κ3) is 1.83. The van der Waals surface area contributed by atoms with Gasteiger partial charge in [0.2, 0.25) is 0 Å². The van der Waals surface area contributed by atoms with Crippen molar-refractivity contribution in [3.05, 3.63) is 23.0 Å². The summed E-state index contributed by atoms with van der Waals surface area (Å²) < 4.78 is 1.60. The molecule has 2 aromatic heterocycles. The fourth-order valence-electron chi connectivity index (χ4n) is 2.78. The molecule has 0 radical (unpaired) electrons. The molecule has 7 nitrogen and oxygen atoms in total. The first-order valence-electron chi connectivity index (χ1n) is 6.89. The second-order valence-electron chi connectivity index (χ2n) is 5.17. The maximum atomic E-state index is 11.5. The molecule has 108 valence electrons. The van der Waals surface area contributed by atoms with Gasteiger partial charge >= 0.3 is 5.97 Å². The highest BCUT2D eigenvalue weighted by atomic mass is 16.4. The van der Waals surface area contributed by atoms with Crippen molar-refractivity contribution in [1.29, 1.82) is 5.26 Å². The zero-order valence-electron chi connectivity index (χ0n) is 11.9. The van der Waals surface area contributed by atoms with E-state index >= 15 is 0 Å². The Morgan fingerprint density at radius 1 is 1.62 bits per heavy atom. The second kappa shape index (κ2) is 4.74. The van der Waals surface area contributed by atoms with E-state index in [4.69, 9.17) is 5.26 Å². The molecular formula is C14H15N5O2. The fraction of sp³-hybridized carbons (Fsp3) is 0.429. The summed E-state index contributed by atoms with van der Waals surface area (Å²) in [5.41, 5.74) is 1.32. The number of carboxylic acid groups (broad SMARTS) is 1. The van der Waals surface area contributed by atoms with Crippen molar-refractivity contribution in [3.63, 3.8) is 0 Å². The average molecular weight is 285 g/mol. The minimum absolute atomic E-state index is 0.0281. The molecule has 1 atom stereocenters. The molecule has 0 bridgehead atoms. The number of aromatic nitrogens is 3. The average Bonchev–Trinajstić information content (AvgIpc) is 3.08. The Morgan fingerprint density at radius 2 is 2.38 bits per heavy atom. The van der Waals surface area contributed by atoms with Crippen LogP contribution in [0, 0.1) is 11.3 Å². The maximum absolute atomic E-state index is 11.5. The van der Waals surface area contributed by atoms with Crippen molar-refractivity contribution in [1.82, 2.24) is 14.6 Å². The first-order chi connectivity index (χ1) is 10.1. The molecule has 0 spiro atoms. The van der Waals surface area contributed by atoms with Crippen molar-refractivity contribution in [2.45, 2.75) is 32.7 Å². The highest BCUT2D eigenvalue weighted by Crippen LogP contribution is 2.33. The van der Waals surface area contributed by atoms with Gasteiger partial charge in [-0.1, -0.05) is 6.92 Å². The van der Waals surface area contributed by atoms with Gasteiger partial charge in [0.25, 0.3) is 0 Å². The number of hydrogen-bond acceptors (Lipinski definition) is 5. The van der Waals surface area contributed by atoms with Gasteiger partial charge in [-0.3, -0.25) is 0 Å². The quantitative estimate of drug-likeness (QED) is 0.917. The van der Waals surface area contributed by atoms with Crippen LogP contribution >= 0.6 is 0 Å². The Bertz CT molecular complexity index is 774. The van der Waals surface area contributed by atoms with Gasteiger partial charge in [-0.25, -0.2) is 9.78 Å². The highest BCUT2D eigenvalue weighted by Gasteiger charge is 2.32. The third-order valence-electron chi connectivity index (χ3n) is 4.04. The number of nitriles is 1. The predicted molar refractivity (Wildman–Crippen MR) is 75.5 cm³/mol. The van der Waals surface area contributed by atoms with E-state index in [1.807, 2.05) is 6.07 Å². The molecule has 0 saturated heterocycles. The van der Waals surface area contributed by atoms with Gasteiger partial charge in [0.05, 0.1) is 6.20 Å². The van der Waals surface area contributed by atoms with E-state index in [0.29, 0.717) is 17.6 Å². The maximum Gasteiger partial charge on any atom is 0.355 e. The molecule has 0 saturated carbocycles. The Kier molecular flexibility index (Phi) is 3.01. The Labute approximate surface area is 121 Å². The van der Waals surface area contributed by atoms with Crippen LogP contribution in [0.15, 0.2) is 6.20 Å². The van der Waals surface area contributed by atoms with E-state index in [1.54, 1.807) is 4.52 Å². The molecule has 0 aromatic carbocycles. The zero-order chi connectivity index (χ0) is 15.1. The number of fused-ring (bicyclic) bond motifs is 3. The molecule has 1 aliphatic heterocycles. The Morgan fingerprint density at radius 3 is 3.00 bits per heavy atom. The van der Waals surface area contributed by atoms with Crippen LogP contribution in [0.4, 0.5) is 5.82 Å². The van der Waals surface area contributed by atoms with Crippen LogP contribution < -0.4 is 4.90 Å². The number of carbonyl (C=O) groups is 1. The van der Waals surface area contributed by atoms with Crippen LogP contribution in [-0.2, 0) is 6.42 Å². The minimum Gasteiger partial charge on any atom is -0.476 e. The van der Waals surface area contributed by atoms with E-state index in [2.05, 4.69) is 28.8 Å². The van der Waals surface area contributed by atoms with E-state index in [9.17, 15) is 9.90 Å². The molecule has 0 aliphatic carbocycles. The number of anilines is 1. The van der Waals surface area contributed by atoms with Gasteiger partial charge in [-0.15, -0.1) is 0 Å². The molecule has 7 heteroatoms. The lowest BCUT2D eigenvalue weighted by Crippen LogP contribution is -2.32. The predicted octanol–water partition coefficient (Wildman–Crippen LogP) is 1.46. The molecular weight excluding hydrogens is 270 g/mol. The molecule has 21 heavy (non-hydrogen) atoms. The lowest BCUT2D eigenvalue weighted by atomic mass is 10.2. The molecule has 0 amide bonds. The number of carboxylic acids is 1. The number of hydrogen-bond donors (Lipinski definition) is 1. The summed E-state index contributed by atoms with van der Waals surface area (Å²) in [6.45, 7) is 4.92. The standard InChI is InChI=1S/C14H15N5O2/c1-3-8(2)18-5-4-10-11(14(20)21)17-12-9(6-15)7-16-19(12)13(10)18/h7-8H,3-5H2,1-2H3,(H,20,21). The van der Waals surface area contributed by atoms with Crippen molar-refractivity contribution in [2.75, 3.05) is 11.4 Å². The van der Waals surface area contributed by atoms with Crippen molar-refractivity contribution < 1.29 is 9.90 Å². The van der Waals surface area contributed by atoms with E-state index < -0.39 is 5.97 Å². The van der Waals surface area contributed by atoms with E-state index in [0.717, 1.165) is 18.8 Å². The van der Waals surface area contributed by atoms with Crippen LogP contribution in [0.25, 0.3) is 5.65 Å². The van der Waals surface area contributed by atoms with Crippen molar-refractivity contribution in [3.8, 4) is 6.07 Å². The highest BCUT2D eigenvalue weighted by molar-refractivity contribution is 5.90. The number of nitrogens with zero attached hydrogens (tertiary/aromatic N) is 5. The summed E-state index contributed by atoms with van der Waals surface area (Å²) in [4.78, 5) is 17.8. The minimum atomic E-state index is -1.06. The van der Waals surface area contributed by atoms with Gasteiger partial charge < -0.3 is 10.0 Å². The van der Waals surface area contributed by atoms with Crippen LogP contribution in [-0.4, -0.2) is 38.3 Å².